The van der Waals surface area contributed by atoms with Crippen molar-refractivity contribution < 1.29 is 18.7 Å². The number of halogens is 2. The molecule has 1 spiro atoms. The summed E-state index contributed by atoms with van der Waals surface area (Å²) < 4.78 is 19.3. The van der Waals surface area contributed by atoms with Gasteiger partial charge in [0.15, 0.2) is 0 Å². The molecule has 0 aromatic heterocycles. The molecule has 0 radical (unpaired) electrons. The minimum absolute atomic E-state index is 0.163. The maximum atomic E-state index is 13.9. The van der Waals surface area contributed by atoms with Crippen LogP contribution in [-0.2, 0) is 9.53 Å². The lowest BCUT2D eigenvalue weighted by Gasteiger charge is -2.43. The van der Waals surface area contributed by atoms with E-state index < -0.39 is 17.4 Å². The fraction of sp³-hybridized carbons (Fsp3) is 0.619. The number of urea groups is 1. The number of hydrogen-bond acceptors (Lipinski definition) is 4. The van der Waals surface area contributed by atoms with Crippen LogP contribution in [0.4, 0.5) is 14.9 Å². The van der Waals surface area contributed by atoms with Gasteiger partial charge < -0.3 is 14.5 Å². The number of rotatable bonds is 4. The van der Waals surface area contributed by atoms with Gasteiger partial charge in [0.1, 0.15) is 11.4 Å². The SMILES string of the molecule is CCN1C(=O)N(c2cc(F)cc(Cl)c2)C(=O)C12CCN(CC1CCOCC1)CC2. The van der Waals surface area contributed by atoms with Crippen molar-refractivity contribution in [2.45, 2.75) is 38.1 Å². The summed E-state index contributed by atoms with van der Waals surface area (Å²) in [5.74, 6) is -0.202. The lowest BCUT2D eigenvalue weighted by Crippen LogP contribution is -2.57. The average molecular weight is 424 g/mol. The number of piperidine rings is 1. The van der Waals surface area contributed by atoms with E-state index in [0.29, 0.717) is 25.3 Å². The summed E-state index contributed by atoms with van der Waals surface area (Å²) in [7, 11) is 0. The van der Waals surface area contributed by atoms with Crippen LogP contribution in [-0.4, -0.2) is 66.7 Å². The molecule has 158 valence electrons. The lowest BCUT2D eigenvalue weighted by molar-refractivity contribution is -0.127. The molecule has 0 atom stereocenters. The molecule has 3 aliphatic rings. The van der Waals surface area contributed by atoms with Gasteiger partial charge in [-0.15, -0.1) is 0 Å². The fourth-order valence-corrected chi connectivity index (χ4v) is 5.15. The zero-order chi connectivity index (χ0) is 20.6. The van der Waals surface area contributed by atoms with Crippen LogP contribution < -0.4 is 4.90 Å². The second-order valence-electron chi connectivity index (χ2n) is 8.18. The maximum absolute atomic E-state index is 13.9. The van der Waals surface area contributed by atoms with Crippen LogP contribution in [0.3, 0.4) is 0 Å². The van der Waals surface area contributed by atoms with Crippen molar-refractivity contribution in [1.82, 2.24) is 9.80 Å². The van der Waals surface area contributed by atoms with E-state index in [1.807, 2.05) is 6.92 Å². The van der Waals surface area contributed by atoms with E-state index in [1.165, 1.54) is 12.1 Å². The van der Waals surface area contributed by atoms with Crippen LogP contribution in [0.5, 0.6) is 0 Å². The quantitative estimate of drug-likeness (QED) is 0.695. The van der Waals surface area contributed by atoms with Gasteiger partial charge in [0.2, 0.25) is 0 Å². The van der Waals surface area contributed by atoms with Crippen molar-refractivity contribution in [2.75, 3.05) is 44.3 Å². The normalized spacial score (nSPS) is 23.4. The van der Waals surface area contributed by atoms with Crippen molar-refractivity contribution in [2.24, 2.45) is 5.92 Å². The molecule has 0 aliphatic carbocycles. The number of carbonyl (C=O) groups is 2. The number of likely N-dealkylation sites (N-methyl/N-ethyl adjacent to an activating group) is 1. The van der Waals surface area contributed by atoms with E-state index >= 15 is 0 Å². The molecule has 3 heterocycles. The highest BCUT2D eigenvalue weighted by atomic mass is 35.5. The first kappa shape index (κ1) is 20.6. The molecule has 3 amide bonds. The number of likely N-dealkylation sites (tertiary alicyclic amines) is 1. The molecule has 1 aromatic carbocycles. The summed E-state index contributed by atoms with van der Waals surface area (Å²) in [6, 6.07) is 3.43. The van der Waals surface area contributed by atoms with Gasteiger partial charge in [0, 0.05) is 44.4 Å². The molecule has 0 N–H and O–H groups in total. The van der Waals surface area contributed by atoms with Gasteiger partial charge in [-0.25, -0.2) is 14.1 Å². The zero-order valence-corrected chi connectivity index (χ0v) is 17.5. The van der Waals surface area contributed by atoms with Gasteiger partial charge in [-0.05, 0) is 56.7 Å². The Bertz CT molecular complexity index is 771. The first-order valence-electron chi connectivity index (χ1n) is 10.4. The van der Waals surface area contributed by atoms with Crippen LogP contribution in [0.1, 0.15) is 32.6 Å². The molecule has 3 saturated heterocycles. The third-order valence-electron chi connectivity index (χ3n) is 6.50. The Labute approximate surface area is 175 Å². The predicted molar refractivity (Wildman–Crippen MR) is 109 cm³/mol. The summed E-state index contributed by atoms with van der Waals surface area (Å²) in [5, 5.41) is 0.163. The van der Waals surface area contributed by atoms with Crippen molar-refractivity contribution >= 4 is 29.2 Å². The third kappa shape index (κ3) is 3.76. The molecule has 1 aromatic rings. The summed E-state index contributed by atoms with van der Waals surface area (Å²) in [6.07, 6.45) is 3.34. The van der Waals surface area contributed by atoms with Crippen LogP contribution >= 0.6 is 11.6 Å². The van der Waals surface area contributed by atoms with E-state index in [9.17, 15) is 14.0 Å². The highest BCUT2D eigenvalue weighted by Gasteiger charge is 2.58. The number of ether oxygens (including phenoxy) is 1. The molecular weight excluding hydrogens is 397 g/mol. The van der Waals surface area contributed by atoms with Gasteiger partial charge in [-0.2, -0.15) is 0 Å². The molecule has 3 aliphatic heterocycles. The number of amides is 3. The highest BCUT2D eigenvalue weighted by Crippen LogP contribution is 2.40. The second-order valence-corrected chi connectivity index (χ2v) is 8.62. The van der Waals surface area contributed by atoms with Crippen LogP contribution in [0.25, 0.3) is 0 Å². The molecule has 0 bridgehead atoms. The zero-order valence-electron chi connectivity index (χ0n) is 16.7. The van der Waals surface area contributed by atoms with Gasteiger partial charge >= 0.3 is 6.03 Å². The van der Waals surface area contributed by atoms with Crippen molar-refractivity contribution in [3.05, 3.63) is 29.0 Å². The van der Waals surface area contributed by atoms with Crippen molar-refractivity contribution in [1.29, 1.82) is 0 Å². The first-order chi connectivity index (χ1) is 13.9. The predicted octanol–water partition coefficient (Wildman–Crippen LogP) is 3.53. The molecule has 29 heavy (non-hydrogen) atoms. The second kappa shape index (κ2) is 8.20. The minimum atomic E-state index is -0.850. The Morgan fingerprint density at radius 3 is 2.48 bits per heavy atom. The maximum Gasteiger partial charge on any atom is 0.332 e. The number of benzene rings is 1. The Balaban J connectivity index is 1.52. The molecule has 8 heteroatoms. The average Bonchev–Trinajstić information content (AvgIpc) is 2.90. The monoisotopic (exact) mass is 423 g/mol. The molecule has 6 nitrogen and oxygen atoms in total. The largest absolute Gasteiger partial charge is 0.381 e. The minimum Gasteiger partial charge on any atom is -0.381 e. The number of anilines is 1. The fourth-order valence-electron chi connectivity index (χ4n) is 4.93. The van der Waals surface area contributed by atoms with Crippen LogP contribution in [0.15, 0.2) is 18.2 Å². The van der Waals surface area contributed by atoms with Crippen LogP contribution in [0, 0.1) is 11.7 Å². The summed E-state index contributed by atoms with van der Waals surface area (Å²) in [5.41, 5.74) is -0.651. The topological polar surface area (TPSA) is 53.1 Å². The smallest absolute Gasteiger partial charge is 0.332 e. The Hall–Kier alpha value is -1.70. The molecule has 3 fully saturated rings. The summed E-state index contributed by atoms with van der Waals surface area (Å²) in [4.78, 5) is 31.7. The summed E-state index contributed by atoms with van der Waals surface area (Å²) in [6.45, 7) is 6.51. The lowest BCUT2D eigenvalue weighted by atomic mass is 9.85. The standard InChI is InChI=1S/C21H27ClFN3O3/c1-2-25-20(28)26(18-12-16(22)11-17(23)13-18)19(27)21(25)5-7-24(8-6-21)14-15-3-9-29-10-4-15/h11-13,15H,2-10,14H2,1H3. The van der Waals surface area contributed by atoms with Crippen molar-refractivity contribution in [3.8, 4) is 0 Å². The number of carbonyl (C=O) groups excluding carboxylic acids is 2. The Morgan fingerprint density at radius 1 is 1.17 bits per heavy atom. The molecule has 0 saturated carbocycles. The first-order valence-corrected chi connectivity index (χ1v) is 10.7. The van der Waals surface area contributed by atoms with Crippen LogP contribution in [0.2, 0.25) is 5.02 Å². The molecular formula is C21H27ClFN3O3. The van der Waals surface area contributed by atoms with Gasteiger partial charge in [0.25, 0.3) is 5.91 Å². The third-order valence-corrected chi connectivity index (χ3v) is 6.72. The summed E-state index contributed by atoms with van der Waals surface area (Å²) >= 11 is 5.96. The van der Waals surface area contributed by atoms with E-state index in [0.717, 1.165) is 56.7 Å². The number of nitrogens with zero attached hydrogens (tertiary/aromatic N) is 3. The molecule has 0 unspecified atom stereocenters. The Morgan fingerprint density at radius 2 is 1.86 bits per heavy atom. The van der Waals surface area contributed by atoms with Gasteiger partial charge in [-0.3, -0.25) is 4.79 Å². The van der Waals surface area contributed by atoms with E-state index in [2.05, 4.69) is 4.90 Å². The van der Waals surface area contributed by atoms with E-state index in [-0.39, 0.29) is 16.6 Å². The van der Waals surface area contributed by atoms with E-state index in [4.69, 9.17) is 16.3 Å². The number of hydrogen-bond donors (Lipinski definition) is 0. The van der Waals surface area contributed by atoms with Crippen molar-refractivity contribution in [3.63, 3.8) is 0 Å². The van der Waals surface area contributed by atoms with Gasteiger partial charge in [0.05, 0.1) is 5.69 Å². The highest BCUT2D eigenvalue weighted by molar-refractivity contribution is 6.31. The Kier molecular flexibility index (Phi) is 5.82. The molecule has 4 rings (SSSR count). The van der Waals surface area contributed by atoms with Gasteiger partial charge in [-0.1, -0.05) is 11.6 Å². The van der Waals surface area contributed by atoms with E-state index in [1.54, 1.807) is 4.90 Å². The number of imide groups is 1.